The predicted octanol–water partition coefficient (Wildman–Crippen LogP) is 4.53. The zero-order valence-electron chi connectivity index (χ0n) is 18.0. The number of benzene rings is 1. The fraction of sp³-hybridized carbons (Fsp3) is 0.409. The fourth-order valence-electron chi connectivity index (χ4n) is 4.06. The first-order valence-electron chi connectivity index (χ1n) is 10.1. The van der Waals surface area contributed by atoms with Gasteiger partial charge in [0.15, 0.2) is 0 Å². The summed E-state index contributed by atoms with van der Waals surface area (Å²) in [5.41, 5.74) is -0.550. The molecule has 1 amide bonds. The van der Waals surface area contributed by atoms with E-state index >= 15 is 0 Å². The number of nitrogens with zero attached hydrogens (tertiary/aromatic N) is 3. The molecule has 1 fully saturated rings. The molecule has 0 bridgehead atoms. The van der Waals surface area contributed by atoms with Gasteiger partial charge in [-0.05, 0) is 51.6 Å². The smallest absolute Gasteiger partial charge is 0.386 e. The quantitative estimate of drug-likeness (QED) is 0.593. The lowest BCUT2D eigenvalue weighted by Crippen LogP contribution is -2.41. The molecule has 2 aromatic heterocycles. The first-order chi connectivity index (χ1) is 14.8. The van der Waals surface area contributed by atoms with Crippen molar-refractivity contribution in [3.63, 3.8) is 0 Å². The molecule has 0 atom stereocenters. The summed E-state index contributed by atoms with van der Waals surface area (Å²) in [4.78, 5) is 23.2. The van der Waals surface area contributed by atoms with Crippen molar-refractivity contribution in [2.45, 2.75) is 38.5 Å². The van der Waals surface area contributed by atoms with Crippen LogP contribution in [0, 0.1) is 6.92 Å². The molecule has 10 heteroatoms. The molecule has 0 radical (unpaired) electrons. The van der Waals surface area contributed by atoms with E-state index in [9.17, 15) is 23.1 Å². The van der Waals surface area contributed by atoms with Crippen LogP contribution in [0.15, 0.2) is 24.3 Å². The van der Waals surface area contributed by atoms with Gasteiger partial charge in [0.05, 0.1) is 20.8 Å². The molecule has 0 spiro atoms. The van der Waals surface area contributed by atoms with E-state index in [2.05, 4.69) is 15.2 Å². The second-order valence-corrected chi connectivity index (χ2v) is 9.72. The number of halogens is 3. The van der Waals surface area contributed by atoms with Crippen LogP contribution in [0.5, 0.6) is 0 Å². The summed E-state index contributed by atoms with van der Waals surface area (Å²) in [7, 11) is 2.04. The molecule has 0 unspecified atom stereocenters. The van der Waals surface area contributed by atoms with Gasteiger partial charge in [-0.2, -0.15) is 13.2 Å². The molecule has 0 saturated carbocycles. The third-order valence-corrected chi connectivity index (χ3v) is 6.66. The number of alkyl halides is 3. The van der Waals surface area contributed by atoms with Crippen molar-refractivity contribution in [1.29, 1.82) is 0 Å². The van der Waals surface area contributed by atoms with Gasteiger partial charge < -0.3 is 15.3 Å². The zero-order chi connectivity index (χ0) is 23.4. The summed E-state index contributed by atoms with van der Waals surface area (Å²) in [6.45, 7) is 6.84. The van der Waals surface area contributed by atoms with E-state index in [0.29, 0.717) is 17.2 Å². The van der Waals surface area contributed by atoms with E-state index in [4.69, 9.17) is 4.98 Å². The Kier molecular flexibility index (Phi) is 5.51. The van der Waals surface area contributed by atoms with E-state index in [1.54, 1.807) is 19.9 Å². The molecule has 3 aromatic rings. The Morgan fingerprint density at radius 3 is 2.53 bits per heavy atom. The third kappa shape index (κ3) is 4.22. The number of fused-ring (bicyclic) bond motifs is 1. The number of hydrogen-bond donors (Lipinski definition) is 2. The highest BCUT2D eigenvalue weighted by Crippen LogP contribution is 2.40. The van der Waals surface area contributed by atoms with Crippen molar-refractivity contribution in [1.82, 2.24) is 14.9 Å². The van der Waals surface area contributed by atoms with Gasteiger partial charge >= 0.3 is 6.18 Å². The van der Waals surface area contributed by atoms with Crippen molar-refractivity contribution in [2.75, 3.05) is 25.5 Å². The fourth-order valence-corrected chi connectivity index (χ4v) is 5.21. The average molecular weight is 465 g/mol. The molecule has 2 N–H and O–H groups in total. The van der Waals surface area contributed by atoms with Crippen LogP contribution < -0.4 is 5.32 Å². The number of amides is 1. The first kappa shape index (κ1) is 22.6. The Bertz CT molecular complexity index is 1190. The number of nitrogens with one attached hydrogen (secondary N) is 1. The number of hydrogen-bond acceptors (Lipinski definition) is 6. The Morgan fingerprint density at radius 1 is 1.25 bits per heavy atom. The number of likely N-dealkylation sites (N-methyl/N-ethyl adjacent to an activating group) is 1. The lowest BCUT2D eigenvalue weighted by atomic mass is 9.91. The normalized spacial score (nSPS) is 15.8. The Morgan fingerprint density at radius 2 is 1.94 bits per heavy atom. The van der Waals surface area contributed by atoms with Gasteiger partial charge in [-0.15, -0.1) is 11.3 Å². The van der Waals surface area contributed by atoms with Crippen LogP contribution in [0.3, 0.4) is 0 Å². The second kappa shape index (κ2) is 7.79. The molecule has 1 aromatic carbocycles. The monoisotopic (exact) mass is 464 g/mol. The highest BCUT2D eigenvalue weighted by atomic mass is 32.1. The highest BCUT2D eigenvalue weighted by Gasteiger charge is 2.34. The van der Waals surface area contributed by atoms with Crippen LogP contribution in [0.2, 0.25) is 0 Å². The molecule has 4 rings (SSSR count). The maximum atomic E-state index is 13.0. The van der Waals surface area contributed by atoms with Gasteiger partial charge in [-0.1, -0.05) is 6.07 Å². The number of carbonyl (C=O) groups excluding carboxylic acids is 1. The molecule has 170 valence electrons. The number of anilines is 1. The molecule has 3 heterocycles. The van der Waals surface area contributed by atoms with Gasteiger partial charge in [-0.3, -0.25) is 4.79 Å². The van der Waals surface area contributed by atoms with Crippen LogP contribution in [-0.2, 0) is 11.8 Å². The van der Waals surface area contributed by atoms with Gasteiger partial charge in [0.25, 0.3) is 5.91 Å². The van der Waals surface area contributed by atoms with Crippen LogP contribution in [0.4, 0.5) is 18.9 Å². The molecule has 1 saturated heterocycles. The maximum Gasteiger partial charge on any atom is 0.433 e. The Hall–Kier alpha value is -2.56. The summed E-state index contributed by atoms with van der Waals surface area (Å²) in [5.74, 6) is -0.444. The molecule has 6 nitrogen and oxygen atoms in total. The molecule has 1 aliphatic rings. The number of likely N-dealkylation sites (tertiary alicyclic amines) is 1. The molecular weight excluding hydrogens is 441 g/mol. The standard InChI is InChI=1S/C22H23F3N4O2S/c1-11-17(21(2,3)31)14(8-15-18(11)28-20(32-15)12-9-29(4)10-12)27-19(30)13-6-5-7-16(26-13)22(23,24)25/h5-8,12,31H,9-10H2,1-4H3,(H,27,30). The average Bonchev–Trinajstić information content (AvgIpc) is 3.08. The van der Waals surface area contributed by atoms with Crippen LogP contribution in [-0.4, -0.2) is 46.0 Å². The summed E-state index contributed by atoms with van der Waals surface area (Å²) in [6.07, 6.45) is -4.65. The lowest BCUT2D eigenvalue weighted by Gasteiger charge is -2.34. The van der Waals surface area contributed by atoms with Gasteiger partial charge in [0.1, 0.15) is 11.4 Å². The van der Waals surface area contributed by atoms with Gasteiger partial charge in [-0.25, -0.2) is 9.97 Å². The number of carbonyl (C=O) groups is 1. The van der Waals surface area contributed by atoms with Crippen molar-refractivity contribution < 1.29 is 23.1 Å². The number of aryl methyl sites for hydroxylation is 1. The van der Waals surface area contributed by atoms with E-state index < -0.39 is 23.4 Å². The predicted molar refractivity (Wildman–Crippen MR) is 117 cm³/mol. The number of thiazole rings is 1. The molecule has 1 aliphatic heterocycles. The van der Waals surface area contributed by atoms with Gasteiger partial charge in [0, 0.05) is 30.3 Å². The number of aromatic nitrogens is 2. The zero-order valence-corrected chi connectivity index (χ0v) is 18.9. The highest BCUT2D eigenvalue weighted by molar-refractivity contribution is 7.18. The van der Waals surface area contributed by atoms with E-state index in [1.807, 2.05) is 14.0 Å². The van der Waals surface area contributed by atoms with Crippen molar-refractivity contribution in [3.05, 3.63) is 51.8 Å². The van der Waals surface area contributed by atoms with Crippen LogP contribution >= 0.6 is 11.3 Å². The maximum absolute atomic E-state index is 13.0. The largest absolute Gasteiger partial charge is 0.433 e. The van der Waals surface area contributed by atoms with E-state index in [1.165, 1.54) is 17.4 Å². The van der Waals surface area contributed by atoms with E-state index in [-0.39, 0.29) is 5.69 Å². The van der Waals surface area contributed by atoms with Crippen molar-refractivity contribution >= 4 is 33.1 Å². The first-order valence-corrected chi connectivity index (χ1v) is 10.9. The minimum Gasteiger partial charge on any atom is -0.386 e. The Balaban J connectivity index is 1.75. The topological polar surface area (TPSA) is 78.3 Å². The number of rotatable bonds is 4. The minimum absolute atomic E-state index is 0.327. The van der Waals surface area contributed by atoms with Crippen molar-refractivity contribution in [2.24, 2.45) is 0 Å². The second-order valence-electron chi connectivity index (χ2n) is 8.66. The minimum atomic E-state index is -4.65. The number of aliphatic hydroxyl groups is 1. The Labute approximate surface area is 187 Å². The van der Waals surface area contributed by atoms with Crippen molar-refractivity contribution in [3.8, 4) is 0 Å². The summed E-state index contributed by atoms with van der Waals surface area (Å²) < 4.78 is 39.8. The molecule has 32 heavy (non-hydrogen) atoms. The summed E-state index contributed by atoms with van der Waals surface area (Å²) in [5, 5.41) is 14.5. The van der Waals surface area contributed by atoms with Gasteiger partial charge in [0.2, 0.25) is 0 Å². The van der Waals surface area contributed by atoms with Crippen LogP contribution in [0.1, 0.15) is 52.1 Å². The lowest BCUT2D eigenvalue weighted by molar-refractivity contribution is -0.141. The van der Waals surface area contributed by atoms with Crippen LogP contribution in [0.25, 0.3) is 10.2 Å². The number of pyridine rings is 1. The molecular formula is C22H23F3N4O2S. The summed E-state index contributed by atoms with van der Waals surface area (Å²) >= 11 is 1.52. The third-order valence-electron chi connectivity index (χ3n) is 5.49. The SMILES string of the molecule is Cc1c(C(C)(C)O)c(NC(=O)c2cccc(C(F)(F)F)n2)cc2sc(C3CN(C)C3)nc12. The summed E-state index contributed by atoms with van der Waals surface area (Å²) in [6, 6.07) is 4.90. The molecule has 0 aliphatic carbocycles. The van der Waals surface area contributed by atoms with E-state index in [0.717, 1.165) is 46.0 Å².